The Labute approximate surface area is 129 Å². The Balaban J connectivity index is 1.92. The molecule has 2 rings (SSSR count). The molecule has 0 radical (unpaired) electrons. The van der Waals surface area contributed by atoms with Crippen LogP contribution in [0.2, 0.25) is 0 Å². The van der Waals surface area contributed by atoms with E-state index in [2.05, 4.69) is 5.32 Å². The number of carboxylic acid groups (broad SMARTS) is 1. The van der Waals surface area contributed by atoms with Crippen LogP contribution in [0.25, 0.3) is 0 Å². The van der Waals surface area contributed by atoms with Gasteiger partial charge in [-0.3, -0.25) is 4.79 Å². The summed E-state index contributed by atoms with van der Waals surface area (Å²) in [5.74, 6) is -0.971. The smallest absolute Gasteiger partial charge is 0.407 e. The molecule has 1 heterocycles. The zero-order valence-electron chi connectivity index (χ0n) is 12.6. The number of carbonyl (C=O) groups excluding carboxylic acids is 1. The maximum Gasteiger partial charge on any atom is 0.407 e. The number of ether oxygens (including phenoxy) is 2. The molecule has 1 aromatic carbocycles. The van der Waals surface area contributed by atoms with Crippen molar-refractivity contribution in [3.05, 3.63) is 35.9 Å². The molecule has 2 atom stereocenters. The zero-order chi connectivity index (χ0) is 16.0. The number of hydrogen-bond acceptors (Lipinski definition) is 4. The molecule has 1 aliphatic rings. The third kappa shape index (κ3) is 4.73. The zero-order valence-corrected chi connectivity index (χ0v) is 12.6. The third-order valence-corrected chi connectivity index (χ3v) is 3.74. The molecule has 6 heteroatoms. The van der Waals surface area contributed by atoms with Gasteiger partial charge in [-0.05, 0) is 25.3 Å². The minimum absolute atomic E-state index is 0.0732. The van der Waals surface area contributed by atoms with Gasteiger partial charge in [0.25, 0.3) is 0 Å². The summed E-state index contributed by atoms with van der Waals surface area (Å²) in [4.78, 5) is 23.0. The summed E-state index contributed by atoms with van der Waals surface area (Å²) < 4.78 is 10.7. The van der Waals surface area contributed by atoms with Gasteiger partial charge < -0.3 is 19.9 Å². The van der Waals surface area contributed by atoms with Crippen molar-refractivity contribution in [3.63, 3.8) is 0 Å². The van der Waals surface area contributed by atoms with Crippen LogP contribution in [0.15, 0.2) is 30.3 Å². The van der Waals surface area contributed by atoms with Crippen molar-refractivity contribution < 1.29 is 24.2 Å². The highest BCUT2D eigenvalue weighted by molar-refractivity contribution is 5.72. The van der Waals surface area contributed by atoms with Crippen LogP contribution in [-0.2, 0) is 20.9 Å². The highest BCUT2D eigenvalue weighted by Crippen LogP contribution is 2.26. The van der Waals surface area contributed by atoms with E-state index in [0.29, 0.717) is 12.8 Å². The molecule has 6 nitrogen and oxygen atoms in total. The molecule has 0 spiro atoms. The average molecular weight is 307 g/mol. The van der Waals surface area contributed by atoms with Crippen molar-refractivity contribution in [2.24, 2.45) is 0 Å². The van der Waals surface area contributed by atoms with Crippen LogP contribution in [0.1, 0.15) is 31.7 Å². The summed E-state index contributed by atoms with van der Waals surface area (Å²) in [5.41, 5.74) is -0.0231. The molecule has 1 amide bonds. The molecule has 120 valence electrons. The highest BCUT2D eigenvalue weighted by atomic mass is 16.5. The van der Waals surface area contributed by atoms with Gasteiger partial charge in [-0.15, -0.1) is 0 Å². The number of carboxylic acids is 1. The Bertz CT molecular complexity index is 509. The van der Waals surface area contributed by atoms with Crippen LogP contribution in [0, 0.1) is 0 Å². The van der Waals surface area contributed by atoms with E-state index in [-0.39, 0.29) is 25.7 Å². The maximum atomic E-state index is 12.0. The Hall–Kier alpha value is -2.08. The van der Waals surface area contributed by atoms with Gasteiger partial charge in [0.05, 0.1) is 24.7 Å². The minimum Gasteiger partial charge on any atom is -0.481 e. The van der Waals surface area contributed by atoms with Gasteiger partial charge in [0.15, 0.2) is 0 Å². The average Bonchev–Trinajstić information content (AvgIpc) is 2.49. The topological polar surface area (TPSA) is 84.9 Å². The summed E-state index contributed by atoms with van der Waals surface area (Å²) in [7, 11) is 0. The number of alkyl carbamates (subject to hydrolysis) is 1. The molecule has 0 aliphatic carbocycles. The predicted octanol–water partition coefficient (Wildman–Crippen LogP) is 2.33. The van der Waals surface area contributed by atoms with Crippen LogP contribution in [0.5, 0.6) is 0 Å². The molecular formula is C16H21NO5. The van der Waals surface area contributed by atoms with Crippen molar-refractivity contribution in [2.45, 2.75) is 44.4 Å². The van der Waals surface area contributed by atoms with E-state index in [0.717, 1.165) is 5.56 Å². The predicted molar refractivity (Wildman–Crippen MR) is 79.4 cm³/mol. The molecule has 22 heavy (non-hydrogen) atoms. The lowest BCUT2D eigenvalue weighted by Gasteiger charge is -2.38. The molecule has 2 unspecified atom stereocenters. The summed E-state index contributed by atoms with van der Waals surface area (Å²) in [5, 5.41) is 11.8. The number of hydrogen-bond donors (Lipinski definition) is 2. The van der Waals surface area contributed by atoms with Gasteiger partial charge in [-0.25, -0.2) is 4.79 Å². The highest BCUT2D eigenvalue weighted by Gasteiger charge is 2.39. The molecule has 0 aromatic heterocycles. The van der Waals surface area contributed by atoms with E-state index in [1.165, 1.54) is 0 Å². The molecule has 1 saturated heterocycles. The van der Waals surface area contributed by atoms with Gasteiger partial charge in [0, 0.05) is 0 Å². The van der Waals surface area contributed by atoms with Crippen molar-refractivity contribution in [1.82, 2.24) is 5.32 Å². The lowest BCUT2D eigenvalue weighted by molar-refractivity contribution is -0.141. The van der Waals surface area contributed by atoms with E-state index in [1.807, 2.05) is 37.3 Å². The van der Waals surface area contributed by atoms with Crippen molar-refractivity contribution in [1.29, 1.82) is 0 Å². The second-order valence-corrected chi connectivity index (χ2v) is 5.70. The summed E-state index contributed by atoms with van der Waals surface area (Å²) in [6.07, 6.45) is 0.528. The van der Waals surface area contributed by atoms with Gasteiger partial charge in [0.2, 0.25) is 0 Å². The maximum absolute atomic E-state index is 12.0. The van der Waals surface area contributed by atoms with Gasteiger partial charge in [-0.2, -0.15) is 0 Å². The summed E-state index contributed by atoms with van der Waals surface area (Å²) >= 11 is 0. The fraction of sp³-hybridized carbons (Fsp3) is 0.500. The van der Waals surface area contributed by atoms with E-state index in [1.54, 1.807) is 0 Å². The normalized spacial score (nSPS) is 24.5. The first-order chi connectivity index (χ1) is 10.5. The molecule has 1 aromatic rings. The lowest BCUT2D eigenvalue weighted by Crippen LogP contribution is -2.56. The van der Waals surface area contributed by atoms with Crippen LogP contribution in [0.4, 0.5) is 4.79 Å². The number of amides is 1. The first-order valence-electron chi connectivity index (χ1n) is 7.31. The van der Waals surface area contributed by atoms with Crippen LogP contribution in [-0.4, -0.2) is 35.4 Å². The molecular weight excluding hydrogens is 286 g/mol. The Kier molecular flexibility index (Phi) is 5.38. The Morgan fingerprint density at radius 1 is 1.41 bits per heavy atom. The van der Waals surface area contributed by atoms with E-state index in [9.17, 15) is 9.59 Å². The number of rotatable bonds is 5. The minimum atomic E-state index is -0.971. The number of benzene rings is 1. The Morgan fingerprint density at radius 2 is 2.14 bits per heavy atom. The van der Waals surface area contributed by atoms with Crippen molar-refractivity contribution in [2.75, 3.05) is 6.61 Å². The first kappa shape index (κ1) is 16.3. The number of nitrogens with one attached hydrogen (secondary N) is 1. The fourth-order valence-corrected chi connectivity index (χ4v) is 2.48. The molecule has 1 fully saturated rings. The number of carbonyl (C=O) groups is 2. The van der Waals surface area contributed by atoms with Crippen molar-refractivity contribution >= 4 is 12.1 Å². The number of aliphatic carboxylic acids is 1. The van der Waals surface area contributed by atoms with Gasteiger partial charge >= 0.3 is 12.1 Å². The summed E-state index contributed by atoms with van der Waals surface area (Å²) in [6, 6.07) is 9.31. The first-order valence-corrected chi connectivity index (χ1v) is 7.31. The van der Waals surface area contributed by atoms with Gasteiger partial charge in [0.1, 0.15) is 6.61 Å². The van der Waals surface area contributed by atoms with Gasteiger partial charge in [-0.1, -0.05) is 30.3 Å². The molecule has 0 bridgehead atoms. The lowest BCUT2D eigenvalue weighted by atomic mass is 9.87. The Morgan fingerprint density at radius 3 is 2.73 bits per heavy atom. The van der Waals surface area contributed by atoms with Crippen LogP contribution >= 0.6 is 0 Å². The molecule has 1 aliphatic heterocycles. The van der Waals surface area contributed by atoms with E-state index in [4.69, 9.17) is 14.6 Å². The fourth-order valence-electron chi connectivity index (χ4n) is 2.48. The monoisotopic (exact) mass is 307 g/mol. The van der Waals surface area contributed by atoms with Crippen LogP contribution < -0.4 is 5.32 Å². The largest absolute Gasteiger partial charge is 0.481 e. The van der Waals surface area contributed by atoms with Crippen LogP contribution in [0.3, 0.4) is 0 Å². The molecule has 0 saturated carbocycles. The quantitative estimate of drug-likeness (QED) is 0.872. The SMILES string of the molecule is CC1CCC(CC(=O)O)(NC(=O)OCc2ccccc2)CO1. The van der Waals surface area contributed by atoms with Crippen molar-refractivity contribution in [3.8, 4) is 0 Å². The standard InChI is InChI=1S/C16H21NO5/c1-12-7-8-16(11-22-12,9-14(18)19)17-15(20)21-10-13-5-3-2-4-6-13/h2-6,12H,7-11H2,1H3,(H,17,20)(H,18,19). The second kappa shape index (κ2) is 7.26. The molecule has 2 N–H and O–H groups in total. The van der Waals surface area contributed by atoms with E-state index < -0.39 is 17.6 Å². The summed E-state index contributed by atoms with van der Waals surface area (Å²) in [6.45, 7) is 2.26. The second-order valence-electron chi connectivity index (χ2n) is 5.70. The van der Waals surface area contributed by atoms with E-state index >= 15 is 0 Å². The third-order valence-electron chi connectivity index (χ3n) is 3.74.